The number of carbonyl (C=O) groups is 1. The Morgan fingerprint density at radius 3 is 2.76 bits per heavy atom. The van der Waals surface area contributed by atoms with Gasteiger partial charge in [0.25, 0.3) is 5.91 Å². The molecule has 2 rings (SSSR count). The van der Waals surface area contributed by atoms with Crippen molar-refractivity contribution in [2.45, 2.75) is 26.4 Å². The van der Waals surface area contributed by atoms with E-state index in [1.807, 2.05) is 32.0 Å². The van der Waals surface area contributed by atoms with Crippen molar-refractivity contribution in [3.8, 4) is 0 Å². The van der Waals surface area contributed by atoms with Gasteiger partial charge in [0.2, 0.25) is 0 Å². The van der Waals surface area contributed by atoms with E-state index >= 15 is 0 Å². The zero-order valence-corrected chi connectivity index (χ0v) is 13.6. The van der Waals surface area contributed by atoms with Gasteiger partial charge in [-0.3, -0.25) is 4.79 Å². The number of aliphatic hydroxyl groups excluding tert-OH is 1. The minimum Gasteiger partial charge on any atom is -0.466 e. The molecule has 0 aliphatic heterocycles. The molecule has 0 radical (unpaired) electrons. The Labute approximate surface area is 132 Å². The number of furan rings is 1. The number of hydrogen-bond donors (Lipinski definition) is 2. The third-order valence-electron chi connectivity index (χ3n) is 3.23. The highest BCUT2D eigenvalue weighted by molar-refractivity contribution is 9.10. The summed E-state index contributed by atoms with van der Waals surface area (Å²) in [5.41, 5.74) is 1.37. The SMILES string of the molecule is Cc1cc(C(O)CCNC(=O)c2cccc(Br)c2)c(C)o1. The molecule has 0 bridgehead atoms. The van der Waals surface area contributed by atoms with Crippen LogP contribution < -0.4 is 5.32 Å². The van der Waals surface area contributed by atoms with Gasteiger partial charge in [-0.15, -0.1) is 0 Å². The van der Waals surface area contributed by atoms with Gasteiger partial charge in [0.15, 0.2) is 0 Å². The molecule has 112 valence electrons. The fraction of sp³-hybridized carbons (Fsp3) is 0.312. The molecule has 2 aromatic rings. The molecule has 0 fully saturated rings. The molecule has 1 amide bonds. The molecule has 0 aliphatic carbocycles. The lowest BCUT2D eigenvalue weighted by atomic mass is 10.1. The lowest BCUT2D eigenvalue weighted by Crippen LogP contribution is -2.25. The highest BCUT2D eigenvalue weighted by Gasteiger charge is 2.14. The van der Waals surface area contributed by atoms with Crippen molar-refractivity contribution in [3.63, 3.8) is 0 Å². The van der Waals surface area contributed by atoms with Crippen molar-refractivity contribution in [2.24, 2.45) is 0 Å². The molecular formula is C16H18BrNO3. The van der Waals surface area contributed by atoms with Crippen molar-refractivity contribution >= 4 is 21.8 Å². The second kappa shape index (κ2) is 6.91. The maximum Gasteiger partial charge on any atom is 0.251 e. The molecule has 1 unspecified atom stereocenters. The monoisotopic (exact) mass is 351 g/mol. The Kier molecular flexibility index (Phi) is 5.20. The third-order valence-corrected chi connectivity index (χ3v) is 3.72. The van der Waals surface area contributed by atoms with E-state index < -0.39 is 6.10 Å². The number of benzene rings is 1. The number of amides is 1. The normalized spacial score (nSPS) is 12.2. The molecule has 4 nitrogen and oxygen atoms in total. The van der Waals surface area contributed by atoms with E-state index in [1.54, 1.807) is 12.1 Å². The lowest BCUT2D eigenvalue weighted by molar-refractivity contribution is 0.0942. The van der Waals surface area contributed by atoms with Crippen LogP contribution in [-0.4, -0.2) is 17.6 Å². The Balaban J connectivity index is 1.87. The van der Waals surface area contributed by atoms with E-state index in [0.29, 0.717) is 18.5 Å². The average molecular weight is 352 g/mol. The first kappa shape index (κ1) is 15.8. The second-order valence-corrected chi connectivity index (χ2v) is 5.85. The number of aryl methyl sites for hydroxylation is 2. The van der Waals surface area contributed by atoms with E-state index in [-0.39, 0.29) is 5.91 Å². The van der Waals surface area contributed by atoms with E-state index in [0.717, 1.165) is 21.6 Å². The van der Waals surface area contributed by atoms with Crippen LogP contribution in [0.5, 0.6) is 0 Å². The fourth-order valence-corrected chi connectivity index (χ4v) is 2.59. The van der Waals surface area contributed by atoms with Crippen LogP contribution in [0.2, 0.25) is 0 Å². The van der Waals surface area contributed by atoms with Crippen LogP contribution in [0.3, 0.4) is 0 Å². The van der Waals surface area contributed by atoms with Crippen LogP contribution in [-0.2, 0) is 0 Å². The largest absolute Gasteiger partial charge is 0.466 e. The first-order valence-electron chi connectivity index (χ1n) is 6.76. The van der Waals surface area contributed by atoms with Gasteiger partial charge in [0.1, 0.15) is 11.5 Å². The minimum atomic E-state index is -0.634. The number of aliphatic hydroxyl groups is 1. The van der Waals surface area contributed by atoms with E-state index in [4.69, 9.17) is 4.42 Å². The number of carbonyl (C=O) groups excluding carboxylic acids is 1. The Bertz CT molecular complexity index is 636. The predicted octanol–water partition coefficient (Wildman–Crippen LogP) is 3.51. The van der Waals surface area contributed by atoms with Crippen LogP contribution in [0.4, 0.5) is 0 Å². The van der Waals surface area contributed by atoms with Gasteiger partial charge in [-0.1, -0.05) is 22.0 Å². The second-order valence-electron chi connectivity index (χ2n) is 4.94. The van der Waals surface area contributed by atoms with Gasteiger partial charge >= 0.3 is 0 Å². The van der Waals surface area contributed by atoms with Crippen LogP contribution >= 0.6 is 15.9 Å². The highest BCUT2D eigenvalue weighted by Crippen LogP contribution is 2.23. The summed E-state index contributed by atoms with van der Waals surface area (Å²) in [6.07, 6.45) is -0.190. The average Bonchev–Trinajstić information content (AvgIpc) is 2.77. The summed E-state index contributed by atoms with van der Waals surface area (Å²) < 4.78 is 6.25. The standard InChI is InChI=1S/C16H18BrNO3/c1-10-8-14(11(2)21-10)15(19)6-7-18-16(20)12-4-3-5-13(17)9-12/h3-5,8-9,15,19H,6-7H2,1-2H3,(H,18,20). The molecule has 2 N–H and O–H groups in total. The van der Waals surface area contributed by atoms with Gasteiger partial charge in [-0.2, -0.15) is 0 Å². The Morgan fingerprint density at radius 1 is 1.38 bits per heavy atom. The molecule has 0 saturated carbocycles. The van der Waals surface area contributed by atoms with Crippen molar-refractivity contribution in [2.75, 3.05) is 6.54 Å². The predicted molar refractivity (Wildman–Crippen MR) is 84.2 cm³/mol. The van der Waals surface area contributed by atoms with Gasteiger partial charge < -0.3 is 14.8 Å². The summed E-state index contributed by atoms with van der Waals surface area (Å²) in [4.78, 5) is 12.0. The highest BCUT2D eigenvalue weighted by atomic mass is 79.9. The molecule has 0 spiro atoms. The van der Waals surface area contributed by atoms with E-state index in [2.05, 4.69) is 21.2 Å². The van der Waals surface area contributed by atoms with Crippen molar-refractivity contribution in [1.29, 1.82) is 0 Å². The van der Waals surface area contributed by atoms with Crippen molar-refractivity contribution in [3.05, 3.63) is 57.5 Å². The summed E-state index contributed by atoms with van der Waals surface area (Å²) >= 11 is 3.33. The van der Waals surface area contributed by atoms with Crippen LogP contribution in [0.15, 0.2) is 39.2 Å². The zero-order chi connectivity index (χ0) is 15.4. The van der Waals surface area contributed by atoms with E-state index in [1.165, 1.54) is 0 Å². The quantitative estimate of drug-likeness (QED) is 0.866. The molecular weight excluding hydrogens is 334 g/mol. The van der Waals surface area contributed by atoms with Gasteiger partial charge in [0.05, 0.1) is 6.10 Å². The fourth-order valence-electron chi connectivity index (χ4n) is 2.19. The first-order chi connectivity index (χ1) is 9.97. The summed E-state index contributed by atoms with van der Waals surface area (Å²) in [5.74, 6) is 1.35. The summed E-state index contributed by atoms with van der Waals surface area (Å²) in [6.45, 7) is 4.07. The van der Waals surface area contributed by atoms with Gasteiger partial charge in [0, 0.05) is 22.1 Å². The maximum absolute atomic E-state index is 12.0. The van der Waals surface area contributed by atoms with Crippen LogP contribution in [0.1, 0.15) is 40.0 Å². The van der Waals surface area contributed by atoms with Crippen molar-refractivity contribution in [1.82, 2.24) is 5.32 Å². The first-order valence-corrected chi connectivity index (χ1v) is 7.55. The zero-order valence-electron chi connectivity index (χ0n) is 12.0. The molecule has 1 aromatic carbocycles. The molecule has 0 aliphatic rings. The van der Waals surface area contributed by atoms with Crippen LogP contribution in [0, 0.1) is 13.8 Å². The minimum absolute atomic E-state index is 0.149. The molecule has 21 heavy (non-hydrogen) atoms. The number of nitrogens with one attached hydrogen (secondary N) is 1. The summed E-state index contributed by atoms with van der Waals surface area (Å²) in [7, 11) is 0. The Morgan fingerprint density at radius 2 is 2.14 bits per heavy atom. The lowest BCUT2D eigenvalue weighted by Gasteiger charge is -2.10. The molecule has 5 heteroatoms. The van der Waals surface area contributed by atoms with E-state index in [9.17, 15) is 9.90 Å². The number of halogens is 1. The smallest absolute Gasteiger partial charge is 0.251 e. The molecule has 1 atom stereocenters. The van der Waals surface area contributed by atoms with Crippen LogP contribution in [0.25, 0.3) is 0 Å². The topological polar surface area (TPSA) is 62.5 Å². The summed E-state index contributed by atoms with van der Waals surface area (Å²) in [6, 6.07) is 9.02. The maximum atomic E-state index is 12.0. The number of rotatable bonds is 5. The van der Waals surface area contributed by atoms with Gasteiger partial charge in [-0.05, 0) is 44.5 Å². The Hall–Kier alpha value is -1.59. The molecule has 0 saturated heterocycles. The molecule has 1 aromatic heterocycles. The number of hydrogen-bond acceptors (Lipinski definition) is 3. The summed E-state index contributed by atoms with van der Waals surface area (Å²) in [5, 5.41) is 12.9. The van der Waals surface area contributed by atoms with Crippen molar-refractivity contribution < 1.29 is 14.3 Å². The third kappa shape index (κ3) is 4.19. The van der Waals surface area contributed by atoms with Gasteiger partial charge in [-0.25, -0.2) is 0 Å². The molecule has 1 heterocycles.